The molecule has 1 aliphatic rings. The number of nitrogens with one attached hydrogen (secondary N) is 2. The number of amides is 1. The summed E-state index contributed by atoms with van der Waals surface area (Å²) in [6.07, 6.45) is 0. The van der Waals surface area contributed by atoms with E-state index in [1.807, 2.05) is 24.3 Å². The van der Waals surface area contributed by atoms with Crippen LogP contribution in [0, 0.1) is 11.8 Å². The van der Waals surface area contributed by atoms with Crippen LogP contribution in [0.1, 0.15) is 18.1 Å². The van der Waals surface area contributed by atoms with Crippen molar-refractivity contribution in [1.29, 1.82) is 0 Å². The van der Waals surface area contributed by atoms with Crippen LogP contribution < -0.4 is 10.6 Å². The number of rotatable bonds is 5. The first-order valence-corrected chi connectivity index (χ1v) is 6.76. The van der Waals surface area contributed by atoms with Gasteiger partial charge in [-0.1, -0.05) is 31.2 Å². The Kier molecular flexibility index (Phi) is 4.93. The van der Waals surface area contributed by atoms with Gasteiger partial charge in [-0.3, -0.25) is 4.79 Å². The molecule has 0 aromatic heterocycles. The third kappa shape index (κ3) is 3.55. The molecular formula is C15H22N2O2. The summed E-state index contributed by atoms with van der Waals surface area (Å²) in [6.45, 7) is 4.98. The van der Waals surface area contributed by atoms with Crippen LogP contribution in [0.5, 0.6) is 0 Å². The molecule has 1 amide bonds. The van der Waals surface area contributed by atoms with E-state index in [1.54, 1.807) is 7.11 Å². The van der Waals surface area contributed by atoms with Gasteiger partial charge >= 0.3 is 0 Å². The van der Waals surface area contributed by atoms with Gasteiger partial charge in [0.2, 0.25) is 5.91 Å². The Morgan fingerprint density at radius 3 is 2.74 bits per heavy atom. The molecule has 19 heavy (non-hydrogen) atoms. The zero-order chi connectivity index (χ0) is 13.7. The summed E-state index contributed by atoms with van der Waals surface area (Å²) in [6, 6.07) is 8.04. The monoisotopic (exact) mass is 262 g/mol. The third-order valence-corrected chi connectivity index (χ3v) is 3.73. The van der Waals surface area contributed by atoms with Crippen LogP contribution in [-0.2, 0) is 22.7 Å². The molecule has 1 heterocycles. The molecule has 0 spiro atoms. The molecule has 2 N–H and O–H groups in total. The van der Waals surface area contributed by atoms with Gasteiger partial charge in [-0.15, -0.1) is 0 Å². The molecule has 2 rings (SSSR count). The van der Waals surface area contributed by atoms with Crippen LogP contribution in [0.3, 0.4) is 0 Å². The number of carbonyl (C=O) groups excluding carboxylic acids is 1. The topological polar surface area (TPSA) is 50.4 Å². The van der Waals surface area contributed by atoms with Gasteiger partial charge in [0.25, 0.3) is 0 Å². The molecule has 1 fully saturated rings. The lowest BCUT2D eigenvalue weighted by Gasteiger charge is -2.15. The van der Waals surface area contributed by atoms with E-state index in [0.717, 1.165) is 24.2 Å². The van der Waals surface area contributed by atoms with Crippen LogP contribution in [0.15, 0.2) is 24.3 Å². The zero-order valence-corrected chi connectivity index (χ0v) is 11.6. The predicted molar refractivity (Wildman–Crippen MR) is 74.5 cm³/mol. The summed E-state index contributed by atoms with van der Waals surface area (Å²) in [5.41, 5.74) is 2.25. The normalized spacial score (nSPS) is 22.4. The largest absolute Gasteiger partial charge is 0.380 e. The Morgan fingerprint density at radius 1 is 1.37 bits per heavy atom. The number of benzene rings is 1. The highest BCUT2D eigenvalue weighted by molar-refractivity contribution is 5.79. The molecule has 1 aromatic carbocycles. The molecule has 1 aliphatic heterocycles. The molecule has 0 unspecified atom stereocenters. The minimum absolute atomic E-state index is 0.0922. The molecule has 0 aliphatic carbocycles. The minimum Gasteiger partial charge on any atom is -0.380 e. The lowest BCUT2D eigenvalue weighted by atomic mass is 9.97. The van der Waals surface area contributed by atoms with Crippen LogP contribution in [0.25, 0.3) is 0 Å². The summed E-state index contributed by atoms with van der Waals surface area (Å²) in [5, 5.41) is 6.29. The van der Waals surface area contributed by atoms with Crippen LogP contribution in [-0.4, -0.2) is 26.1 Å². The van der Waals surface area contributed by atoms with Gasteiger partial charge in [0.15, 0.2) is 0 Å². The number of hydrogen-bond acceptors (Lipinski definition) is 3. The average Bonchev–Trinajstić information content (AvgIpc) is 2.84. The second-order valence-electron chi connectivity index (χ2n) is 5.16. The van der Waals surface area contributed by atoms with E-state index in [1.165, 1.54) is 0 Å². The second kappa shape index (κ2) is 6.68. The number of methoxy groups -OCH3 is 1. The van der Waals surface area contributed by atoms with Crippen molar-refractivity contribution in [3.63, 3.8) is 0 Å². The van der Waals surface area contributed by atoms with E-state index >= 15 is 0 Å². The highest BCUT2D eigenvalue weighted by Crippen LogP contribution is 2.16. The molecule has 1 saturated heterocycles. The lowest BCUT2D eigenvalue weighted by Crippen LogP contribution is -2.34. The maximum absolute atomic E-state index is 12.1. The molecule has 1 aromatic rings. The fourth-order valence-corrected chi connectivity index (χ4v) is 2.50. The van der Waals surface area contributed by atoms with Gasteiger partial charge in [-0.25, -0.2) is 0 Å². The molecule has 4 heteroatoms. The van der Waals surface area contributed by atoms with Crippen LogP contribution in [0.4, 0.5) is 0 Å². The van der Waals surface area contributed by atoms with Crippen molar-refractivity contribution in [3.05, 3.63) is 35.4 Å². The van der Waals surface area contributed by atoms with Crippen molar-refractivity contribution in [2.24, 2.45) is 11.8 Å². The third-order valence-electron chi connectivity index (χ3n) is 3.73. The summed E-state index contributed by atoms with van der Waals surface area (Å²) in [5.74, 6) is 0.647. The van der Waals surface area contributed by atoms with Gasteiger partial charge in [-0.05, 0) is 23.6 Å². The maximum Gasteiger partial charge on any atom is 0.224 e. The Morgan fingerprint density at radius 2 is 2.11 bits per heavy atom. The number of carbonyl (C=O) groups is 1. The quantitative estimate of drug-likeness (QED) is 0.841. The molecule has 0 radical (unpaired) electrons. The van der Waals surface area contributed by atoms with Gasteiger partial charge in [0.1, 0.15) is 0 Å². The smallest absolute Gasteiger partial charge is 0.224 e. The fourth-order valence-electron chi connectivity index (χ4n) is 2.50. The highest BCUT2D eigenvalue weighted by Gasteiger charge is 2.29. The van der Waals surface area contributed by atoms with Crippen molar-refractivity contribution in [3.8, 4) is 0 Å². The van der Waals surface area contributed by atoms with E-state index in [9.17, 15) is 4.79 Å². The Hall–Kier alpha value is -1.39. The van der Waals surface area contributed by atoms with E-state index in [0.29, 0.717) is 19.1 Å². The summed E-state index contributed by atoms with van der Waals surface area (Å²) >= 11 is 0. The molecular weight excluding hydrogens is 240 g/mol. The van der Waals surface area contributed by atoms with Crippen molar-refractivity contribution in [1.82, 2.24) is 10.6 Å². The van der Waals surface area contributed by atoms with Crippen molar-refractivity contribution < 1.29 is 9.53 Å². The molecule has 104 valence electrons. The first-order chi connectivity index (χ1) is 9.22. The second-order valence-corrected chi connectivity index (χ2v) is 5.16. The molecule has 2 atom stereocenters. The van der Waals surface area contributed by atoms with E-state index < -0.39 is 0 Å². The van der Waals surface area contributed by atoms with E-state index in [2.05, 4.69) is 17.6 Å². The standard InChI is InChI=1S/C15H22N2O2/c1-11-7-16-9-14(11)15(18)17-8-12-5-3-4-6-13(12)10-19-2/h3-6,11,14,16H,7-10H2,1-2H3,(H,17,18)/t11-,14-/m1/s1. The Labute approximate surface area is 114 Å². The number of hydrogen-bond donors (Lipinski definition) is 2. The van der Waals surface area contributed by atoms with Crippen molar-refractivity contribution >= 4 is 5.91 Å². The van der Waals surface area contributed by atoms with Gasteiger partial charge in [0, 0.05) is 20.2 Å². The number of ether oxygens (including phenoxy) is 1. The maximum atomic E-state index is 12.1. The Balaban J connectivity index is 1.93. The Bertz CT molecular complexity index is 434. The molecule has 0 bridgehead atoms. The molecule has 0 saturated carbocycles. The van der Waals surface area contributed by atoms with Crippen LogP contribution in [0.2, 0.25) is 0 Å². The summed E-state index contributed by atoms with van der Waals surface area (Å²) in [7, 11) is 1.68. The average molecular weight is 262 g/mol. The van der Waals surface area contributed by atoms with Crippen molar-refractivity contribution in [2.45, 2.75) is 20.1 Å². The lowest BCUT2D eigenvalue weighted by molar-refractivity contribution is -0.125. The SMILES string of the molecule is COCc1ccccc1CNC(=O)[C@@H]1CNC[C@H]1C. The molecule has 4 nitrogen and oxygen atoms in total. The van der Waals surface area contributed by atoms with Crippen LogP contribution >= 0.6 is 0 Å². The van der Waals surface area contributed by atoms with E-state index in [4.69, 9.17) is 4.74 Å². The van der Waals surface area contributed by atoms with Gasteiger partial charge in [0.05, 0.1) is 12.5 Å². The summed E-state index contributed by atoms with van der Waals surface area (Å²) in [4.78, 5) is 12.1. The minimum atomic E-state index is 0.0922. The first-order valence-electron chi connectivity index (χ1n) is 6.76. The summed E-state index contributed by atoms with van der Waals surface area (Å²) < 4.78 is 5.17. The van der Waals surface area contributed by atoms with Crippen molar-refractivity contribution in [2.75, 3.05) is 20.2 Å². The first kappa shape index (κ1) is 14.0. The fraction of sp³-hybridized carbons (Fsp3) is 0.533. The van der Waals surface area contributed by atoms with Gasteiger partial charge < -0.3 is 15.4 Å². The predicted octanol–water partition coefficient (Wildman–Crippen LogP) is 1.30. The van der Waals surface area contributed by atoms with E-state index in [-0.39, 0.29) is 11.8 Å². The van der Waals surface area contributed by atoms with Gasteiger partial charge in [-0.2, -0.15) is 0 Å². The zero-order valence-electron chi connectivity index (χ0n) is 11.6. The highest BCUT2D eigenvalue weighted by atomic mass is 16.5.